The van der Waals surface area contributed by atoms with Crippen LogP contribution in [0.3, 0.4) is 0 Å². The fourth-order valence-corrected chi connectivity index (χ4v) is 3.53. The lowest BCUT2D eigenvalue weighted by molar-refractivity contribution is -0.212. The van der Waals surface area contributed by atoms with E-state index in [0.717, 1.165) is 18.7 Å². The van der Waals surface area contributed by atoms with E-state index in [2.05, 4.69) is 19.0 Å². The van der Waals surface area contributed by atoms with Crippen LogP contribution >= 0.6 is 11.8 Å². The molecule has 2 aliphatic rings. The minimum absolute atomic E-state index is 0.0385. The Kier molecular flexibility index (Phi) is 5.73. The Labute approximate surface area is 125 Å². The van der Waals surface area contributed by atoms with E-state index >= 15 is 0 Å². The fourth-order valence-electron chi connectivity index (χ4n) is 2.58. The van der Waals surface area contributed by atoms with Gasteiger partial charge in [-0.2, -0.15) is 11.8 Å². The summed E-state index contributed by atoms with van der Waals surface area (Å²) >= 11 is 1.78. The number of thioether (sulfide) groups is 1. The number of ether oxygens (including phenoxy) is 3. The zero-order chi connectivity index (χ0) is 14.8. The van der Waals surface area contributed by atoms with E-state index in [9.17, 15) is 5.11 Å². The average molecular weight is 305 g/mol. The molecule has 0 unspecified atom stereocenters. The molecule has 0 aliphatic carbocycles. The van der Waals surface area contributed by atoms with E-state index in [1.807, 2.05) is 13.8 Å². The lowest BCUT2D eigenvalue weighted by Crippen LogP contribution is -2.32. The van der Waals surface area contributed by atoms with E-state index in [4.69, 9.17) is 14.2 Å². The van der Waals surface area contributed by atoms with E-state index in [0.29, 0.717) is 12.2 Å². The zero-order valence-electron chi connectivity index (χ0n) is 12.9. The first kappa shape index (κ1) is 16.5. The molecule has 2 heterocycles. The van der Waals surface area contributed by atoms with Crippen molar-refractivity contribution in [3.8, 4) is 0 Å². The molecule has 2 saturated heterocycles. The Morgan fingerprint density at radius 3 is 2.75 bits per heavy atom. The van der Waals surface area contributed by atoms with Crippen molar-refractivity contribution in [3.05, 3.63) is 0 Å². The van der Waals surface area contributed by atoms with Gasteiger partial charge in [0.2, 0.25) is 0 Å². The first-order chi connectivity index (χ1) is 9.37. The maximum absolute atomic E-state index is 10.2. The van der Waals surface area contributed by atoms with Gasteiger partial charge in [-0.3, -0.25) is 0 Å². The maximum atomic E-state index is 10.2. The third-order valence-corrected chi connectivity index (χ3v) is 4.68. The van der Waals surface area contributed by atoms with E-state index in [-0.39, 0.29) is 18.5 Å². The second-order valence-electron chi connectivity index (χ2n) is 6.25. The van der Waals surface area contributed by atoms with E-state index in [1.54, 1.807) is 11.8 Å². The van der Waals surface area contributed by atoms with Crippen molar-refractivity contribution in [2.45, 2.75) is 57.1 Å². The number of aliphatic hydroxyl groups is 1. The van der Waals surface area contributed by atoms with Gasteiger partial charge in [-0.15, -0.1) is 0 Å². The van der Waals surface area contributed by atoms with Crippen LogP contribution in [0.5, 0.6) is 0 Å². The molecule has 118 valence electrons. The predicted octanol–water partition coefficient (Wildman–Crippen LogP) is 1.30. The highest BCUT2D eigenvalue weighted by Crippen LogP contribution is 2.38. The molecule has 2 fully saturated rings. The maximum Gasteiger partial charge on any atom is 0.187 e. The summed E-state index contributed by atoms with van der Waals surface area (Å²) in [6.07, 6.45) is 0.893. The van der Waals surface area contributed by atoms with Gasteiger partial charge in [0.1, 0.15) is 6.10 Å². The second kappa shape index (κ2) is 6.94. The van der Waals surface area contributed by atoms with Crippen LogP contribution in [0.1, 0.15) is 26.7 Å². The van der Waals surface area contributed by atoms with Gasteiger partial charge < -0.3 is 24.2 Å². The zero-order valence-corrected chi connectivity index (χ0v) is 13.7. The predicted molar refractivity (Wildman–Crippen MR) is 79.8 cm³/mol. The van der Waals surface area contributed by atoms with Crippen LogP contribution in [0.2, 0.25) is 0 Å². The van der Waals surface area contributed by atoms with Crippen LogP contribution in [-0.4, -0.2) is 72.5 Å². The van der Waals surface area contributed by atoms with Gasteiger partial charge in [-0.05, 0) is 46.7 Å². The molecule has 0 aromatic heterocycles. The molecule has 0 saturated carbocycles. The quantitative estimate of drug-likeness (QED) is 0.716. The summed E-state index contributed by atoms with van der Waals surface area (Å²) in [6, 6.07) is 0. The van der Waals surface area contributed by atoms with Crippen molar-refractivity contribution in [2.24, 2.45) is 0 Å². The highest BCUT2D eigenvalue weighted by Gasteiger charge is 2.49. The topological polar surface area (TPSA) is 51.2 Å². The van der Waals surface area contributed by atoms with E-state index in [1.165, 1.54) is 0 Å². The largest absolute Gasteiger partial charge is 0.390 e. The second-order valence-corrected chi connectivity index (χ2v) is 7.40. The Hall–Kier alpha value is 0.150. The molecule has 0 amide bonds. The number of nitrogens with zero attached hydrogens (tertiary/aromatic N) is 1. The molecule has 0 aromatic carbocycles. The van der Waals surface area contributed by atoms with Crippen molar-refractivity contribution in [1.82, 2.24) is 4.90 Å². The summed E-state index contributed by atoms with van der Waals surface area (Å²) in [5.74, 6) is 1.21. The number of aliphatic hydroxyl groups excluding tert-OH is 1. The summed E-state index contributed by atoms with van der Waals surface area (Å²) in [6.45, 7) is 4.87. The lowest BCUT2D eigenvalue weighted by Gasteiger charge is -2.23. The third kappa shape index (κ3) is 4.58. The van der Waals surface area contributed by atoms with Crippen molar-refractivity contribution in [2.75, 3.05) is 32.1 Å². The Morgan fingerprint density at radius 1 is 1.35 bits per heavy atom. The van der Waals surface area contributed by atoms with Crippen molar-refractivity contribution < 1.29 is 19.3 Å². The van der Waals surface area contributed by atoms with Gasteiger partial charge in [0, 0.05) is 12.2 Å². The first-order valence-corrected chi connectivity index (χ1v) is 8.44. The smallest absolute Gasteiger partial charge is 0.187 e. The van der Waals surface area contributed by atoms with Gasteiger partial charge in [-0.25, -0.2) is 0 Å². The van der Waals surface area contributed by atoms with Gasteiger partial charge in [-0.1, -0.05) is 0 Å². The van der Waals surface area contributed by atoms with Gasteiger partial charge >= 0.3 is 0 Å². The fraction of sp³-hybridized carbons (Fsp3) is 1.00. The SMILES string of the molecule is CN(C)CCCSC[C@@H](O)[C@@H]1C[C@H]2OC(C)(C)O[C@H]2O1. The number of rotatable bonds is 7. The molecule has 0 radical (unpaired) electrons. The summed E-state index contributed by atoms with van der Waals surface area (Å²) < 4.78 is 17.2. The normalized spacial score (nSPS) is 33.6. The third-order valence-electron chi connectivity index (χ3n) is 3.52. The molecular formula is C14H27NO4S. The molecule has 0 bridgehead atoms. The minimum atomic E-state index is -0.563. The number of fused-ring (bicyclic) bond motifs is 1. The molecule has 0 aromatic rings. The standard InChI is InChI=1S/C14H27NO4S/c1-14(2)18-12-8-11(17-13(12)19-14)10(16)9-20-7-5-6-15(3)4/h10-13,16H,5-9H2,1-4H3/t10-,11+,12-,13-/m1/s1. The van der Waals surface area contributed by atoms with Gasteiger partial charge in [0.25, 0.3) is 0 Å². The van der Waals surface area contributed by atoms with E-state index < -0.39 is 11.9 Å². The molecule has 6 heteroatoms. The Bertz CT molecular complexity index is 298. The van der Waals surface area contributed by atoms with Crippen LogP contribution in [0.25, 0.3) is 0 Å². The summed E-state index contributed by atoms with van der Waals surface area (Å²) in [7, 11) is 4.15. The lowest BCUT2D eigenvalue weighted by atomic mass is 10.1. The number of hydrogen-bond acceptors (Lipinski definition) is 6. The molecule has 2 aliphatic heterocycles. The van der Waals surface area contributed by atoms with Crippen LogP contribution < -0.4 is 0 Å². The molecule has 2 rings (SSSR count). The molecule has 0 spiro atoms. The average Bonchev–Trinajstić information content (AvgIpc) is 2.81. The summed E-state index contributed by atoms with van der Waals surface area (Å²) in [5, 5.41) is 10.2. The van der Waals surface area contributed by atoms with Crippen molar-refractivity contribution >= 4 is 11.8 Å². The van der Waals surface area contributed by atoms with Crippen molar-refractivity contribution in [3.63, 3.8) is 0 Å². The van der Waals surface area contributed by atoms with Gasteiger partial charge in [0.05, 0.1) is 12.2 Å². The van der Waals surface area contributed by atoms with Crippen LogP contribution in [0.4, 0.5) is 0 Å². The van der Waals surface area contributed by atoms with Crippen LogP contribution in [0.15, 0.2) is 0 Å². The van der Waals surface area contributed by atoms with Gasteiger partial charge in [0.15, 0.2) is 12.1 Å². The highest BCUT2D eigenvalue weighted by molar-refractivity contribution is 7.99. The molecule has 4 atom stereocenters. The van der Waals surface area contributed by atoms with Crippen LogP contribution in [-0.2, 0) is 14.2 Å². The summed E-state index contributed by atoms with van der Waals surface area (Å²) in [4.78, 5) is 2.18. The van der Waals surface area contributed by atoms with Crippen molar-refractivity contribution in [1.29, 1.82) is 0 Å². The molecule has 20 heavy (non-hydrogen) atoms. The number of hydrogen-bond donors (Lipinski definition) is 1. The molecule has 1 N–H and O–H groups in total. The monoisotopic (exact) mass is 305 g/mol. The first-order valence-electron chi connectivity index (χ1n) is 7.29. The Morgan fingerprint density at radius 2 is 2.10 bits per heavy atom. The highest BCUT2D eigenvalue weighted by atomic mass is 32.2. The Balaban J connectivity index is 1.62. The molecular weight excluding hydrogens is 278 g/mol. The van der Waals surface area contributed by atoms with Crippen LogP contribution in [0, 0.1) is 0 Å². The minimum Gasteiger partial charge on any atom is -0.390 e. The summed E-state index contributed by atoms with van der Waals surface area (Å²) in [5.41, 5.74) is 0. The molecule has 5 nitrogen and oxygen atoms in total.